The molecule has 2 heterocycles. The van der Waals surface area contributed by atoms with Gasteiger partial charge in [0.1, 0.15) is 18.8 Å². The van der Waals surface area contributed by atoms with Gasteiger partial charge in [0.05, 0.1) is 6.10 Å². The largest absolute Gasteiger partial charge is 0.486 e. The van der Waals surface area contributed by atoms with Gasteiger partial charge in [-0.3, -0.25) is 4.79 Å². The number of benzene rings is 2. The Labute approximate surface area is 144 Å². The molecule has 0 bridgehead atoms. The Morgan fingerprint density at radius 3 is 2.72 bits per heavy atom. The van der Waals surface area contributed by atoms with Crippen LogP contribution in [0.2, 0.25) is 0 Å². The fraction of sp³-hybridized carbons (Fsp3) is 0.211. The summed E-state index contributed by atoms with van der Waals surface area (Å²) in [6.07, 6.45) is -0.857. The molecule has 1 atom stereocenters. The van der Waals surface area contributed by atoms with E-state index in [1.165, 1.54) is 0 Å². The molecule has 2 aromatic carbocycles. The molecule has 128 valence electrons. The van der Waals surface area contributed by atoms with Crippen molar-refractivity contribution in [2.45, 2.75) is 6.10 Å². The standard InChI is InChI=1S/C19H17NO5/c21-14(12-5-6-16-17(9-12)24-8-7-23-16)11-20-19(22)18-10-13-3-1-2-4-15(13)25-18/h1-6,9-10,14,21H,7-8,11H2,(H,20,22)/t14-/m1/s1. The van der Waals surface area contributed by atoms with Crippen molar-refractivity contribution in [3.05, 3.63) is 59.9 Å². The van der Waals surface area contributed by atoms with Crippen LogP contribution in [0.3, 0.4) is 0 Å². The van der Waals surface area contributed by atoms with Gasteiger partial charge in [-0.05, 0) is 29.8 Å². The molecule has 6 heteroatoms. The Balaban J connectivity index is 1.42. The fourth-order valence-electron chi connectivity index (χ4n) is 2.76. The van der Waals surface area contributed by atoms with E-state index in [0.29, 0.717) is 35.9 Å². The molecular weight excluding hydrogens is 322 g/mol. The summed E-state index contributed by atoms with van der Waals surface area (Å²) in [6, 6.07) is 14.3. The molecular formula is C19H17NO5. The maximum Gasteiger partial charge on any atom is 0.287 e. The molecule has 0 unspecified atom stereocenters. The Morgan fingerprint density at radius 2 is 1.88 bits per heavy atom. The second-order valence-corrected chi connectivity index (χ2v) is 5.78. The van der Waals surface area contributed by atoms with Crippen molar-refractivity contribution >= 4 is 16.9 Å². The summed E-state index contributed by atoms with van der Waals surface area (Å²) in [5, 5.41) is 13.9. The first kappa shape index (κ1) is 15.5. The van der Waals surface area contributed by atoms with Crippen LogP contribution in [0.5, 0.6) is 11.5 Å². The molecule has 1 aromatic heterocycles. The van der Waals surface area contributed by atoms with Crippen LogP contribution in [0, 0.1) is 0 Å². The lowest BCUT2D eigenvalue weighted by atomic mass is 10.1. The number of hydrogen-bond donors (Lipinski definition) is 2. The van der Waals surface area contributed by atoms with E-state index in [1.807, 2.05) is 18.2 Å². The summed E-state index contributed by atoms with van der Waals surface area (Å²) >= 11 is 0. The highest BCUT2D eigenvalue weighted by atomic mass is 16.6. The van der Waals surface area contributed by atoms with Crippen molar-refractivity contribution in [1.82, 2.24) is 5.32 Å². The van der Waals surface area contributed by atoms with E-state index < -0.39 is 6.10 Å². The average Bonchev–Trinajstić information content (AvgIpc) is 3.09. The van der Waals surface area contributed by atoms with Crippen LogP contribution in [0.15, 0.2) is 52.9 Å². The van der Waals surface area contributed by atoms with Crippen LogP contribution in [0.25, 0.3) is 11.0 Å². The van der Waals surface area contributed by atoms with Crippen LogP contribution >= 0.6 is 0 Å². The molecule has 0 aliphatic carbocycles. The summed E-state index contributed by atoms with van der Waals surface area (Å²) in [4.78, 5) is 12.2. The monoisotopic (exact) mass is 339 g/mol. The van der Waals surface area contributed by atoms with E-state index in [1.54, 1.807) is 30.3 Å². The number of aliphatic hydroxyl groups excluding tert-OH is 1. The molecule has 1 aliphatic rings. The number of furan rings is 1. The Morgan fingerprint density at radius 1 is 1.08 bits per heavy atom. The summed E-state index contributed by atoms with van der Waals surface area (Å²) < 4.78 is 16.5. The zero-order valence-electron chi connectivity index (χ0n) is 13.4. The van der Waals surface area contributed by atoms with E-state index in [9.17, 15) is 9.90 Å². The van der Waals surface area contributed by atoms with Crippen molar-refractivity contribution in [2.24, 2.45) is 0 Å². The van der Waals surface area contributed by atoms with Gasteiger partial charge in [-0.15, -0.1) is 0 Å². The van der Waals surface area contributed by atoms with Gasteiger partial charge in [0, 0.05) is 11.9 Å². The minimum Gasteiger partial charge on any atom is -0.486 e. The second kappa shape index (κ2) is 6.49. The smallest absolute Gasteiger partial charge is 0.287 e. The topological polar surface area (TPSA) is 80.9 Å². The minimum absolute atomic E-state index is 0.0650. The first-order chi connectivity index (χ1) is 12.2. The van der Waals surface area contributed by atoms with Gasteiger partial charge in [-0.2, -0.15) is 0 Å². The van der Waals surface area contributed by atoms with E-state index in [2.05, 4.69) is 5.32 Å². The number of hydrogen-bond acceptors (Lipinski definition) is 5. The molecule has 0 saturated heterocycles. The van der Waals surface area contributed by atoms with Crippen molar-refractivity contribution in [3.8, 4) is 11.5 Å². The third-order valence-corrected chi connectivity index (χ3v) is 4.06. The van der Waals surface area contributed by atoms with Crippen LogP contribution in [-0.2, 0) is 0 Å². The summed E-state index contributed by atoms with van der Waals surface area (Å²) in [7, 11) is 0. The van der Waals surface area contributed by atoms with E-state index in [4.69, 9.17) is 13.9 Å². The van der Waals surface area contributed by atoms with Gasteiger partial charge in [-0.1, -0.05) is 24.3 Å². The van der Waals surface area contributed by atoms with Crippen molar-refractivity contribution in [3.63, 3.8) is 0 Å². The lowest BCUT2D eigenvalue weighted by Crippen LogP contribution is -2.28. The van der Waals surface area contributed by atoms with Gasteiger partial charge in [-0.25, -0.2) is 0 Å². The molecule has 25 heavy (non-hydrogen) atoms. The minimum atomic E-state index is -0.857. The molecule has 1 amide bonds. The molecule has 4 rings (SSSR count). The van der Waals surface area contributed by atoms with Crippen LogP contribution in [0.4, 0.5) is 0 Å². The molecule has 0 radical (unpaired) electrons. The number of aliphatic hydroxyl groups is 1. The molecule has 1 aliphatic heterocycles. The summed E-state index contributed by atoms with van der Waals surface area (Å²) in [6.45, 7) is 1.06. The number of nitrogens with one attached hydrogen (secondary N) is 1. The highest BCUT2D eigenvalue weighted by Gasteiger charge is 2.17. The third-order valence-electron chi connectivity index (χ3n) is 4.06. The van der Waals surface area contributed by atoms with Crippen molar-refractivity contribution in [1.29, 1.82) is 0 Å². The SMILES string of the molecule is O=C(NC[C@@H](O)c1ccc2c(c1)OCCO2)c1cc2ccccc2o1. The normalized spacial score (nSPS) is 14.3. The molecule has 0 spiro atoms. The van der Waals surface area contributed by atoms with E-state index >= 15 is 0 Å². The van der Waals surface area contributed by atoms with Gasteiger partial charge in [0.2, 0.25) is 0 Å². The Hall–Kier alpha value is -2.99. The molecule has 0 saturated carbocycles. The third kappa shape index (κ3) is 3.16. The highest BCUT2D eigenvalue weighted by Crippen LogP contribution is 2.32. The molecule has 0 fully saturated rings. The Kier molecular flexibility index (Phi) is 4.03. The molecule has 6 nitrogen and oxygen atoms in total. The zero-order chi connectivity index (χ0) is 17.2. The number of carbonyl (C=O) groups excluding carboxylic acids is 1. The molecule has 2 N–H and O–H groups in total. The van der Waals surface area contributed by atoms with Crippen LogP contribution in [-0.4, -0.2) is 30.8 Å². The number of carbonyl (C=O) groups is 1. The first-order valence-corrected chi connectivity index (χ1v) is 8.05. The van der Waals surface area contributed by atoms with E-state index in [0.717, 1.165) is 5.39 Å². The number of rotatable bonds is 4. The van der Waals surface area contributed by atoms with Gasteiger partial charge in [0.15, 0.2) is 17.3 Å². The lowest BCUT2D eigenvalue weighted by Gasteiger charge is -2.20. The highest BCUT2D eigenvalue weighted by molar-refractivity contribution is 5.96. The van der Waals surface area contributed by atoms with E-state index in [-0.39, 0.29) is 18.2 Å². The maximum atomic E-state index is 12.2. The number of amides is 1. The fourth-order valence-corrected chi connectivity index (χ4v) is 2.76. The number of ether oxygens (including phenoxy) is 2. The van der Waals surface area contributed by atoms with Gasteiger partial charge in [0.25, 0.3) is 5.91 Å². The zero-order valence-corrected chi connectivity index (χ0v) is 13.4. The van der Waals surface area contributed by atoms with Gasteiger partial charge < -0.3 is 24.3 Å². The summed E-state index contributed by atoms with van der Waals surface area (Å²) in [5.41, 5.74) is 1.30. The average molecular weight is 339 g/mol. The molecule has 3 aromatic rings. The predicted octanol–water partition coefficient (Wildman–Crippen LogP) is 2.67. The van der Waals surface area contributed by atoms with Crippen LogP contribution < -0.4 is 14.8 Å². The predicted molar refractivity (Wildman–Crippen MR) is 90.9 cm³/mol. The Bertz CT molecular complexity index is 884. The summed E-state index contributed by atoms with van der Waals surface area (Å²) in [5.74, 6) is 1.11. The quantitative estimate of drug-likeness (QED) is 0.764. The number of fused-ring (bicyclic) bond motifs is 2. The first-order valence-electron chi connectivity index (χ1n) is 8.05. The number of para-hydroxylation sites is 1. The van der Waals surface area contributed by atoms with Crippen LogP contribution in [0.1, 0.15) is 22.2 Å². The lowest BCUT2D eigenvalue weighted by molar-refractivity contribution is 0.0890. The van der Waals surface area contributed by atoms with Gasteiger partial charge >= 0.3 is 0 Å². The maximum absolute atomic E-state index is 12.2. The second-order valence-electron chi connectivity index (χ2n) is 5.78. The van der Waals surface area contributed by atoms with Crippen molar-refractivity contribution in [2.75, 3.05) is 19.8 Å². The van der Waals surface area contributed by atoms with Crippen molar-refractivity contribution < 1.29 is 23.8 Å².